The Bertz CT molecular complexity index is 645. The van der Waals surface area contributed by atoms with Crippen molar-refractivity contribution in [2.75, 3.05) is 38.9 Å². The van der Waals surface area contributed by atoms with Crippen molar-refractivity contribution in [2.24, 2.45) is 4.99 Å². The highest BCUT2D eigenvalue weighted by molar-refractivity contribution is 7.90. The molecule has 0 aliphatic rings. The summed E-state index contributed by atoms with van der Waals surface area (Å²) in [6.07, 6.45) is 1.79. The highest BCUT2D eigenvalue weighted by atomic mass is 32.2. The van der Waals surface area contributed by atoms with Gasteiger partial charge in [0, 0.05) is 26.0 Å². The van der Waals surface area contributed by atoms with Crippen LogP contribution in [0.2, 0.25) is 0 Å². The smallest absolute Gasteiger partial charge is 0.191 e. The summed E-state index contributed by atoms with van der Waals surface area (Å²) in [5.74, 6) is 1.63. The molecule has 1 unspecified atom stereocenters. The Kier molecular flexibility index (Phi) is 10.0. The van der Waals surface area contributed by atoms with Crippen molar-refractivity contribution in [3.8, 4) is 5.75 Å². The van der Waals surface area contributed by atoms with E-state index in [0.29, 0.717) is 32.1 Å². The standard InChI is InChI=1S/C18H31N3O4S/c1-5-19-18(21-15(2)10-13-26(4,22)23)20-14-16-6-8-17(9-7-16)25-12-11-24-3/h6-9,15H,5,10-14H2,1-4H3,(H2,19,20,21). The van der Waals surface area contributed by atoms with Gasteiger partial charge in [0.25, 0.3) is 0 Å². The second-order valence-corrected chi connectivity index (χ2v) is 8.40. The molecule has 2 N–H and O–H groups in total. The first-order chi connectivity index (χ1) is 12.3. The molecule has 0 bridgehead atoms. The molecule has 0 amide bonds. The SMILES string of the molecule is CCNC(=NCc1ccc(OCCOC)cc1)NC(C)CCS(C)(=O)=O. The zero-order valence-electron chi connectivity index (χ0n) is 16.1. The van der Waals surface area contributed by atoms with Gasteiger partial charge in [-0.05, 0) is 38.0 Å². The number of hydrogen-bond acceptors (Lipinski definition) is 5. The van der Waals surface area contributed by atoms with E-state index in [0.717, 1.165) is 17.9 Å². The topological polar surface area (TPSA) is 89.0 Å². The number of sulfone groups is 1. The van der Waals surface area contributed by atoms with E-state index in [9.17, 15) is 8.42 Å². The Balaban J connectivity index is 2.56. The summed E-state index contributed by atoms with van der Waals surface area (Å²) in [5, 5.41) is 6.42. The van der Waals surface area contributed by atoms with Crippen LogP contribution in [0, 0.1) is 0 Å². The van der Waals surface area contributed by atoms with E-state index in [1.54, 1.807) is 7.11 Å². The van der Waals surface area contributed by atoms with Gasteiger partial charge in [-0.1, -0.05) is 12.1 Å². The van der Waals surface area contributed by atoms with E-state index < -0.39 is 9.84 Å². The van der Waals surface area contributed by atoms with Crippen molar-refractivity contribution in [1.82, 2.24) is 10.6 Å². The van der Waals surface area contributed by atoms with Crippen LogP contribution in [0.15, 0.2) is 29.3 Å². The van der Waals surface area contributed by atoms with Crippen LogP contribution in [0.5, 0.6) is 5.75 Å². The molecular formula is C18H31N3O4S. The van der Waals surface area contributed by atoms with Crippen LogP contribution in [0.1, 0.15) is 25.8 Å². The maximum atomic E-state index is 11.3. The zero-order chi connectivity index (χ0) is 19.4. The quantitative estimate of drug-likeness (QED) is 0.342. The molecule has 0 saturated carbocycles. The Morgan fingerprint density at radius 3 is 2.50 bits per heavy atom. The van der Waals surface area contributed by atoms with Crippen LogP contribution in [0.3, 0.4) is 0 Å². The molecule has 7 nitrogen and oxygen atoms in total. The van der Waals surface area contributed by atoms with Crippen molar-refractivity contribution in [3.63, 3.8) is 0 Å². The Hall–Kier alpha value is -1.80. The predicted octanol–water partition coefficient (Wildman–Crippen LogP) is 1.59. The van der Waals surface area contributed by atoms with Crippen LogP contribution in [0.4, 0.5) is 0 Å². The monoisotopic (exact) mass is 385 g/mol. The fraction of sp³-hybridized carbons (Fsp3) is 0.611. The average Bonchev–Trinajstić information content (AvgIpc) is 2.59. The van der Waals surface area contributed by atoms with Gasteiger partial charge in [-0.2, -0.15) is 0 Å². The first-order valence-electron chi connectivity index (χ1n) is 8.77. The van der Waals surface area contributed by atoms with Gasteiger partial charge in [-0.15, -0.1) is 0 Å². The van der Waals surface area contributed by atoms with Crippen LogP contribution >= 0.6 is 0 Å². The van der Waals surface area contributed by atoms with Gasteiger partial charge >= 0.3 is 0 Å². The van der Waals surface area contributed by atoms with Crippen molar-refractivity contribution < 1.29 is 17.9 Å². The summed E-state index contributed by atoms with van der Waals surface area (Å²) in [6, 6.07) is 7.79. The molecule has 1 rings (SSSR count). The van der Waals surface area contributed by atoms with Crippen molar-refractivity contribution in [3.05, 3.63) is 29.8 Å². The number of hydrogen-bond donors (Lipinski definition) is 2. The molecule has 0 fully saturated rings. The molecule has 0 aromatic heterocycles. The van der Waals surface area contributed by atoms with Crippen molar-refractivity contribution in [1.29, 1.82) is 0 Å². The zero-order valence-corrected chi connectivity index (χ0v) is 16.9. The first kappa shape index (κ1) is 22.2. The third-order valence-electron chi connectivity index (χ3n) is 3.55. The van der Waals surface area contributed by atoms with Crippen LogP contribution in [0.25, 0.3) is 0 Å². The number of nitrogens with zero attached hydrogens (tertiary/aromatic N) is 1. The maximum Gasteiger partial charge on any atom is 0.191 e. The molecule has 1 atom stereocenters. The van der Waals surface area contributed by atoms with E-state index in [4.69, 9.17) is 9.47 Å². The number of guanidine groups is 1. The van der Waals surface area contributed by atoms with Gasteiger partial charge in [0.1, 0.15) is 22.2 Å². The lowest BCUT2D eigenvalue weighted by atomic mass is 10.2. The lowest BCUT2D eigenvalue weighted by Crippen LogP contribution is -2.42. The van der Waals surface area contributed by atoms with Gasteiger partial charge in [0.15, 0.2) is 5.96 Å². The minimum atomic E-state index is -2.96. The number of rotatable bonds is 11. The highest BCUT2D eigenvalue weighted by Gasteiger charge is 2.09. The number of methoxy groups -OCH3 is 1. The summed E-state index contributed by atoms with van der Waals surface area (Å²) in [4.78, 5) is 4.56. The fourth-order valence-electron chi connectivity index (χ4n) is 2.12. The largest absolute Gasteiger partial charge is 0.491 e. The van der Waals surface area contributed by atoms with E-state index in [1.807, 2.05) is 38.1 Å². The Labute approximate surface area is 157 Å². The molecule has 0 aliphatic heterocycles. The van der Waals surface area contributed by atoms with Gasteiger partial charge in [-0.3, -0.25) is 0 Å². The predicted molar refractivity (Wildman–Crippen MR) is 106 cm³/mol. The van der Waals surface area contributed by atoms with Crippen molar-refractivity contribution in [2.45, 2.75) is 32.9 Å². The van der Waals surface area contributed by atoms with Crippen LogP contribution in [-0.4, -0.2) is 59.3 Å². The van der Waals surface area contributed by atoms with Crippen LogP contribution < -0.4 is 15.4 Å². The lowest BCUT2D eigenvalue weighted by molar-refractivity contribution is 0.146. The van der Waals surface area contributed by atoms with Gasteiger partial charge in [0.2, 0.25) is 0 Å². The summed E-state index contributed by atoms with van der Waals surface area (Å²) < 4.78 is 33.0. The number of benzene rings is 1. The van der Waals surface area contributed by atoms with Crippen LogP contribution in [-0.2, 0) is 21.1 Å². The summed E-state index contributed by atoms with van der Waals surface area (Å²) in [5.41, 5.74) is 1.06. The normalized spacial score (nSPS) is 13.3. The molecule has 8 heteroatoms. The van der Waals surface area contributed by atoms with E-state index in [-0.39, 0.29) is 11.8 Å². The molecule has 0 radical (unpaired) electrons. The molecule has 148 valence electrons. The molecule has 26 heavy (non-hydrogen) atoms. The molecule has 0 saturated heterocycles. The molecule has 0 aliphatic carbocycles. The van der Waals surface area contributed by atoms with E-state index in [1.165, 1.54) is 6.26 Å². The van der Waals surface area contributed by atoms with Gasteiger partial charge in [0.05, 0.1) is 18.9 Å². The van der Waals surface area contributed by atoms with Crippen molar-refractivity contribution >= 4 is 15.8 Å². The minimum Gasteiger partial charge on any atom is -0.491 e. The second kappa shape index (κ2) is 11.7. The lowest BCUT2D eigenvalue weighted by Gasteiger charge is -2.17. The summed E-state index contributed by atoms with van der Waals surface area (Å²) in [6.45, 7) is 6.27. The molecule has 0 heterocycles. The third kappa shape index (κ3) is 10.2. The maximum absolute atomic E-state index is 11.3. The summed E-state index contributed by atoms with van der Waals surface area (Å²) >= 11 is 0. The van der Waals surface area contributed by atoms with E-state index in [2.05, 4.69) is 15.6 Å². The molecule has 1 aromatic rings. The highest BCUT2D eigenvalue weighted by Crippen LogP contribution is 2.12. The average molecular weight is 386 g/mol. The Morgan fingerprint density at radius 2 is 1.92 bits per heavy atom. The van der Waals surface area contributed by atoms with Gasteiger partial charge in [-0.25, -0.2) is 13.4 Å². The summed E-state index contributed by atoms with van der Waals surface area (Å²) in [7, 11) is -1.31. The number of nitrogens with one attached hydrogen (secondary N) is 2. The van der Waals surface area contributed by atoms with E-state index >= 15 is 0 Å². The molecule has 0 spiro atoms. The second-order valence-electron chi connectivity index (χ2n) is 6.14. The fourth-order valence-corrected chi connectivity index (χ4v) is 2.90. The molecule has 1 aromatic carbocycles. The number of ether oxygens (including phenoxy) is 2. The van der Waals surface area contributed by atoms with Gasteiger partial charge < -0.3 is 20.1 Å². The molecular weight excluding hydrogens is 354 g/mol. The number of aliphatic imine (C=N–C) groups is 1. The first-order valence-corrected chi connectivity index (χ1v) is 10.8. The minimum absolute atomic E-state index is 0.0130. The Morgan fingerprint density at radius 1 is 1.23 bits per heavy atom. The third-order valence-corrected chi connectivity index (χ3v) is 4.53.